The van der Waals surface area contributed by atoms with Gasteiger partial charge in [0.2, 0.25) is 0 Å². The van der Waals surface area contributed by atoms with Crippen LogP contribution in [0.1, 0.15) is 59.1 Å². The Morgan fingerprint density at radius 1 is 1.19 bits per heavy atom. The van der Waals surface area contributed by atoms with Crippen molar-refractivity contribution in [1.29, 1.82) is 0 Å². The maximum absolute atomic E-state index is 12.6. The lowest BCUT2D eigenvalue weighted by molar-refractivity contribution is -0.0429. The van der Waals surface area contributed by atoms with Gasteiger partial charge in [-0.1, -0.05) is 37.6 Å². The molecule has 0 unspecified atom stereocenters. The number of benzene rings is 1. The summed E-state index contributed by atoms with van der Waals surface area (Å²) in [7, 11) is -5.52. The van der Waals surface area contributed by atoms with Gasteiger partial charge in [0.15, 0.2) is 0 Å². The van der Waals surface area contributed by atoms with Crippen molar-refractivity contribution in [2.24, 2.45) is 5.16 Å². The number of anilines is 1. The molecular formula is C17H27F3N2O3S. The third-order valence-electron chi connectivity index (χ3n) is 2.80. The molecule has 0 fully saturated rings. The van der Waals surface area contributed by atoms with Gasteiger partial charge in [0.25, 0.3) is 0 Å². The SMILES string of the molecule is CC.CC/C(=N\OC(C)(C)C)c1cc(C)ccc1NS(=O)(=O)C(F)(F)F. The first-order chi connectivity index (χ1) is 11.8. The molecule has 1 N–H and O–H groups in total. The van der Waals surface area contributed by atoms with Gasteiger partial charge in [0.05, 0.1) is 11.4 Å². The van der Waals surface area contributed by atoms with Crippen LogP contribution in [0.5, 0.6) is 0 Å². The summed E-state index contributed by atoms with van der Waals surface area (Å²) in [5.41, 5.74) is -4.85. The van der Waals surface area contributed by atoms with E-state index in [9.17, 15) is 21.6 Å². The molecule has 0 radical (unpaired) electrons. The minimum atomic E-state index is -5.52. The van der Waals surface area contributed by atoms with E-state index in [4.69, 9.17) is 4.84 Å². The molecule has 0 aliphatic heterocycles. The molecule has 0 bridgehead atoms. The number of nitrogens with one attached hydrogen (secondary N) is 1. The second-order valence-corrected chi connectivity index (χ2v) is 7.87. The molecule has 26 heavy (non-hydrogen) atoms. The highest BCUT2D eigenvalue weighted by atomic mass is 32.2. The molecule has 0 aromatic heterocycles. The van der Waals surface area contributed by atoms with Crippen molar-refractivity contribution in [1.82, 2.24) is 0 Å². The molecule has 0 atom stereocenters. The third-order valence-corrected chi connectivity index (χ3v) is 3.90. The summed E-state index contributed by atoms with van der Waals surface area (Å²) in [5.74, 6) is 0. The van der Waals surface area contributed by atoms with Crippen molar-refractivity contribution in [2.45, 2.75) is 66.0 Å². The van der Waals surface area contributed by atoms with E-state index in [1.807, 2.05) is 13.8 Å². The number of hydrogen-bond donors (Lipinski definition) is 1. The van der Waals surface area contributed by atoms with Gasteiger partial charge in [-0.3, -0.25) is 4.72 Å². The third kappa shape index (κ3) is 7.23. The van der Waals surface area contributed by atoms with Crippen LogP contribution in [0.3, 0.4) is 0 Å². The molecule has 0 heterocycles. The number of sulfonamides is 1. The predicted octanol–water partition coefficient (Wildman–Crippen LogP) is 5.21. The maximum Gasteiger partial charge on any atom is 0.516 e. The molecule has 0 spiro atoms. The lowest BCUT2D eigenvalue weighted by Crippen LogP contribution is -2.30. The Morgan fingerprint density at radius 3 is 2.15 bits per heavy atom. The van der Waals surface area contributed by atoms with E-state index in [1.165, 1.54) is 12.1 Å². The van der Waals surface area contributed by atoms with Crippen molar-refractivity contribution >= 4 is 21.4 Å². The summed E-state index contributed by atoms with van der Waals surface area (Å²) >= 11 is 0. The Morgan fingerprint density at radius 2 is 1.73 bits per heavy atom. The molecule has 1 aromatic rings. The van der Waals surface area contributed by atoms with Crippen LogP contribution >= 0.6 is 0 Å². The molecule has 0 aliphatic rings. The number of hydrogen-bond acceptors (Lipinski definition) is 4. The monoisotopic (exact) mass is 396 g/mol. The van der Waals surface area contributed by atoms with Crippen LogP contribution in [0, 0.1) is 6.92 Å². The van der Waals surface area contributed by atoms with E-state index in [0.29, 0.717) is 12.1 Å². The highest BCUT2D eigenvalue weighted by molar-refractivity contribution is 7.93. The molecule has 1 rings (SSSR count). The summed E-state index contributed by atoms with van der Waals surface area (Å²) in [6.07, 6.45) is 0.347. The second-order valence-electron chi connectivity index (χ2n) is 6.20. The molecule has 150 valence electrons. The van der Waals surface area contributed by atoms with Gasteiger partial charge in [-0.25, -0.2) is 0 Å². The number of alkyl halides is 3. The van der Waals surface area contributed by atoms with Crippen LogP contribution in [-0.2, 0) is 14.9 Å². The topological polar surface area (TPSA) is 67.8 Å². The highest BCUT2D eigenvalue weighted by Crippen LogP contribution is 2.28. The molecule has 0 saturated carbocycles. The van der Waals surface area contributed by atoms with Crippen LogP contribution < -0.4 is 4.72 Å². The fourth-order valence-electron chi connectivity index (χ4n) is 1.68. The van der Waals surface area contributed by atoms with Crippen LogP contribution in [0.2, 0.25) is 0 Å². The fraction of sp³-hybridized carbons (Fsp3) is 0.588. The standard InChI is InChI=1S/C15H21F3N2O3S.C2H6/c1-6-12(19-23-14(3,4)5)11-9-10(2)7-8-13(11)20-24(21,22)15(16,17)18;1-2/h7-9,20H,6H2,1-5H3;1-2H3/b19-12+;. The quantitative estimate of drug-likeness (QED) is 0.549. The summed E-state index contributed by atoms with van der Waals surface area (Å²) in [6, 6.07) is 4.34. The zero-order valence-electron chi connectivity index (χ0n) is 16.2. The number of nitrogens with zero attached hydrogens (tertiary/aromatic N) is 1. The highest BCUT2D eigenvalue weighted by Gasteiger charge is 2.46. The van der Waals surface area contributed by atoms with Crippen LogP contribution in [0.25, 0.3) is 0 Å². The van der Waals surface area contributed by atoms with Gasteiger partial charge < -0.3 is 4.84 Å². The molecule has 5 nitrogen and oxygen atoms in total. The molecular weight excluding hydrogens is 369 g/mol. The Balaban J connectivity index is 0.00000301. The van der Waals surface area contributed by atoms with Crippen molar-refractivity contribution in [3.05, 3.63) is 29.3 Å². The second kappa shape index (κ2) is 9.25. The molecule has 0 saturated heterocycles. The number of halogens is 3. The number of rotatable bonds is 5. The summed E-state index contributed by atoms with van der Waals surface area (Å²) in [4.78, 5) is 5.32. The van der Waals surface area contributed by atoms with E-state index in [-0.39, 0.29) is 11.3 Å². The number of aryl methyl sites for hydroxylation is 1. The molecule has 0 aliphatic carbocycles. The summed E-state index contributed by atoms with van der Waals surface area (Å²) in [6.45, 7) is 12.8. The van der Waals surface area contributed by atoms with Gasteiger partial charge in [-0.05, 0) is 46.2 Å². The van der Waals surface area contributed by atoms with E-state index >= 15 is 0 Å². The summed E-state index contributed by atoms with van der Waals surface area (Å²) in [5, 5.41) is 3.98. The average Bonchev–Trinajstić information content (AvgIpc) is 2.50. The van der Waals surface area contributed by atoms with E-state index in [0.717, 1.165) is 5.56 Å². The van der Waals surface area contributed by atoms with Gasteiger partial charge in [0.1, 0.15) is 5.60 Å². The normalized spacial score (nSPS) is 12.9. The maximum atomic E-state index is 12.6. The zero-order valence-corrected chi connectivity index (χ0v) is 17.0. The van der Waals surface area contributed by atoms with E-state index < -0.39 is 21.1 Å². The van der Waals surface area contributed by atoms with Crippen LogP contribution in [-0.4, -0.2) is 25.2 Å². The lowest BCUT2D eigenvalue weighted by Gasteiger charge is -2.19. The lowest BCUT2D eigenvalue weighted by atomic mass is 10.0. The molecule has 1 aromatic carbocycles. The average molecular weight is 396 g/mol. The van der Waals surface area contributed by atoms with Crippen molar-refractivity contribution < 1.29 is 26.4 Å². The first kappa shape index (κ1) is 24.2. The van der Waals surface area contributed by atoms with Crippen molar-refractivity contribution in [2.75, 3.05) is 4.72 Å². The van der Waals surface area contributed by atoms with Gasteiger partial charge in [-0.2, -0.15) is 21.6 Å². The van der Waals surface area contributed by atoms with Gasteiger partial charge >= 0.3 is 15.5 Å². The van der Waals surface area contributed by atoms with E-state index in [1.54, 1.807) is 45.4 Å². The van der Waals surface area contributed by atoms with Gasteiger partial charge in [-0.15, -0.1) is 0 Å². The Labute approximate surface area is 153 Å². The zero-order chi connectivity index (χ0) is 20.8. The minimum absolute atomic E-state index is 0.198. The fourth-order valence-corrected chi connectivity index (χ4v) is 2.27. The Kier molecular flexibility index (Phi) is 8.62. The molecule has 0 amide bonds. The van der Waals surface area contributed by atoms with Crippen molar-refractivity contribution in [3.8, 4) is 0 Å². The van der Waals surface area contributed by atoms with Crippen molar-refractivity contribution in [3.63, 3.8) is 0 Å². The largest absolute Gasteiger partial charge is 0.516 e. The summed E-state index contributed by atoms with van der Waals surface area (Å²) < 4.78 is 62.2. The van der Waals surface area contributed by atoms with Crippen LogP contribution in [0.4, 0.5) is 18.9 Å². The minimum Gasteiger partial charge on any atom is -0.390 e. The Bertz CT molecular complexity index is 722. The first-order valence-corrected chi connectivity index (χ1v) is 9.70. The smallest absolute Gasteiger partial charge is 0.390 e. The van der Waals surface area contributed by atoms with Gasteiger partial charge in [0, 0.05) is 5.56 Å². The molecule has 9 heteroatoms. The van der Waals surface area contributed by atoms with E-state index in [2.05, 4.69) is 5.16 Å². The predicted molar refractivity (Wildman–Crippen MR) is 98.8 cm³/mol. The number of oxime groups is 1. The van der Waals surface area contributed by atoms with Crippen LogP contribution in [0.15, 0.2) is 23.4 Å². The first-order valence-electron chi connectivity index (χ1n) is 8.22. The Hall–Kier alpha value is -1.77.